The molecule has 0 amide bonds. The van der Waals surface area contributed by atoms with Gasteiger partial charge >= 0.3 is 0 Å². The molecule has 4 aromatic rings. The lowest BCUT2D eigenvalue weighted by atomic mass is 9.61. The molecule has 0 aliphatic heterocycles. The summed E-state index contributed by atoms with van der Waals surface area (Å²) in [5.74, 6) is -0.505. The molecule has 2 heterocycles. The second-order valence-electron chi connectivity index (χ2n) is 10.1. The van der Waals surface area contributed by atoms with E-state index in [1.54, 1.807) is 65.6 Å². The summed E-state index contributed by atoms with van der Waals surface area (Å²) in [5, 5.41) is 3.84. The molecule has 0 unspecified atom stereocenters. The van der Waals surface area contributed by atoms with E-state index in [0.29, 0.717) is 30.6 Å². The summed E-state index contributed by atoms with van der Waals surface area (Å²) >= 11 is 0. The van der Waals surface area contributed by atoms with Crippen LogP contribution in [0.2, 0.25) is 0 Å². The van der Waals surface area contributed by atoms with Gasteiger partial charge in [0.1, 0.15) is 11.5 Å². The van der Waals surface area contributed by atoms with Crippen molar-refractivity contribution in [3.8, 4) is 5.69 Å². The first-order valence-electron chi connectivity index (χ1n) is 12.6. The van der Waals surface area contributed by atoms with Crippen LogP contribution in [0.3, 0.4) is 0 Å². The number of nitrogens with zero attached hydrogens (tertiary/aromatic N) is 3. The molecule has 0 bridgehead atoms. The quantitative estimate of drug-likeness (QED) is 0.318. The topological polar surface area (TPSA) is 81.9 Å². The Morgan fingerprint density at radius 1 is 1.08 bits per heavy atom. The summed E-state index contributed by atoms with van der Waals surface area (Å²) in [4.78, 5) is 18.8. The molecular weight excluding hydrogens is 501 g/mol. The van der Waals surface area contributed by atoms with Crippen molar-refractivity contribution in [2.24, 2.45) is 5.41 Å². The van der Waals surface area contributed by atoms with Gasteiger partial charge in [-0.1, -0.05) is 23.8 Å². The highest BCUT2D eigenvalue weighted by atomic mass is 32.2. The van der Waals surface area contributed by atoms with Crippen LogP contribution >= 0.6 is 0 Å². The highest BCUT2D eigenvalue weighted by Crippen LogP contribution is 2.51. The predicted molar refractivity (Wildman–Crippen MR) is 142 cm³/mol. The number of hydrogen-bond donors (Lipinski definition) is 0. The highest BCUT2D eigenvalue weighted by molar-refractivity contribution is 7.92. The van der Waals surface area contributed by atoms with Crippen molar-refractivity contribution < 1.29 is 17.6 Å². The smallest absolute Gasteiger partial charge is 0.191 e. The zero-order valence-electron chi connectivity index (χ0n) is 20.8. The second kappa shape index (κ2) is 9.13. The number of allylic oxidation sites excluding steroid dienone is 1. The second-order valence-corrected chi connectivity index (χ2v) is 12.4. The third kappa shape index (κ3) is 4.00. The number of sulfone groups is 1. The van der Waals surface area contributed by atoms with Crippen LogP contribution in [0.1, 0.15) is 46.6 Å². The van der Waals surface area contributed by atoms with Gasteiger partial charge in [0, 0.05) is 6.20 Å². The fraction of sp³-hybridized carbons (Fsp3) is 0.233. The van der Waals surface area contributed by atoms with Crippen LogP contribution in [0.5, 0.6) is 0 Å². The molecule has 2 aliphatic carbocycles. The number of halogens is 1. The molecule has 1 fully saturated rings. The summed E-state index contributed by atoms with van der Waals surface area (Å²) in [6.07, 6.45) is 6.65. The molecule has 8 heteroatoms. The Balaban J connectivity index is 1.45. The van der Waals surface area contributed by atoms with Crippen molar-refractivity contribution in [1.82, 2.24) is 14.8 Å². The first-order chi connectivity index (χ1) is 18.3. The van der Waals surface area contributed by atoms with Gasteiger partial charge in [0.2, 0.25) is 0 Å². The van der Waals surface area contributed by atoms with Gasteiger partial charge in [0.15, 0.2) is 15.6 Å². The monoisotopic (exact) mass is 527 g/mol. The number of carbonyl (C=O) groups is 1. The number of carbonyl (C=O) groups excluding carboxylic acids is 1. The number of pyridine rings is 1. The van der Waals surface area contributed by atoms with Gasteiger partial charge in [0.25, 0.3) is 0 Å². The fourth-order valence-corrected chi connectivity index (χ4v) is 7.78. The zero-order chi connectivity index (χ0) is 26.5. The van der Waals surface area contributed by atoms with Crippen molar-refractivity contribution in [3.63, 3.8) is 0 Å². The zero-order valence-corrected chi connectivity index (χ0v) is 21.7. The Labute approximate surface area is 220 Å². The molecule has 2 atom stereocenters. The SMILES string of the molecule is Cc1cccc(S(=O)(=O)[C@@H]2CCC3=Cc4c(cnn4-c4ccc(F)cc4)C[C@]3(C(=O)c3ccccn3)C2)c1. The van der Waals surface area contributed by atoms with Gasteiger partial charge < -0.3 is 0 Å². The van der Waals surface area contributed by atoms with E-state index in [9.17, 15) is 17.6 Å². The Kier molecular flexibility index (Phi) is 5.87. The van der Waals surface area contributed by atoms with Crippen molar-refractivity contribution in [2.75, 3.05) is 0 Å². The average Bonchev–Trinajstić information content (AvgIpc) is 3.34. The Bertz CT molecular complexity index is 1680. The number of benzene rings is 2. The maximum absolute atomic E-state index is 14.2. The van der Waals surface area contributed by atoms with E-state index >= 15 is 0 Å². The van der Waals surface area contributed by atoms with E-state index < -0.39 is 20.5 Å². The van der Waals surface area contributed by atoms with Crippen LogP contribution < -0.4 is 0 Å². The number of ketones is 1. The van der Waals surface area contributed by atoms with E-state index in [0.717, 1.165) is 22.4 Å². The number of fused-ring (bicyclic) bond motifs is 2. The number of rotatable bonds is 5. The lowest BCUT2D eigenvalue weighted by Gasteiger charge is -2.43. The molecule has 2 aromatic heterocycles. The number of aryl methyl sites for hydroxylation is 1. The van der Waals surface area contributed by atoms with Crippen LogP contribution in [0, 0.1) is 18.2 Å². The van der Waals surface area contributed by atoms with Crippen LogP contribution in [0.25, 0.3) is 11.8 Å². The molecule has 1 saturated carbocycles. The molecule has 6 rings (SSSR count). The molecule has 0 radical (unpaired) electrons. The van der Waals surface area contributed by atoms with E-state index in [1.165, 1.54) is 12.1 Å². The largest absolute Gasteiger partial charge is 0.291 e. The summed E-state index contributed by atoms with van der Waals surface area (Å²) in [6.45, 7) is 1.87. The molecule has 6 nitrogen and oxygen atoms in total. The van der Waals surface area contributed by atoms with Crippen molar-refractivity contribution in [2.45, 2.75) is 42.8 Å². The lowest BCUT2D eigenvalue weighted by molar-refractivity contribution is 0.0796. The minimum Gasteiger partial charge on any atom is -0.291 e. The summed E-state index contributed by atoms with van der Waals surface area (Å²) < 4.78 is 42.8. The van der Waals surface area contributed by atoms with Crippen LogP contribution in [0.4, 0.5) is 4.39 Å². The maximum Gasteiger partial charge on any atom is 0.191 e. The Morgan fingerprint density at radius 3 is 2.63 bits per heavy atom. The van der Waals surface area contributed by atoms with E-state index in [2.05, 4.69) is 10.1 Å². The highest BCUT2D eigenvalue weighted by Gasteiger charge is 2.52. The first-order valence-corrected chi connectivity index (χ1v) is 14.1. The fourth-order valence-electron chi connectivity index (χ4n) is 5.84. The molecule has 192 valence electrons. The third-order valence-electron chi connectivity index (χ3n) is 7.78. The minimum atomic E-state index is -3.66. The van der Waals surface area contributed by atoms with Crippen molar-refractivity contribution >= 4 is 21.7 Å². The van der Waals surface area contributed by atoms with E-state index in [4.69, 9.17) is 0 Å². The first kappa shape index (κ1) is 24.4. The van der Waals surface area contributed by atoms with Gasteiger partial charge in [-0.25, -0.2) is 17.5 Å². The Hall–Kier alpha value is -3.91. The molecule has 0 spiro atoms. The standard InChI is InChI=1S/C30H26FN3O3S/c1-20-5-4-6-25(15-20)38(36,37)26-13-8-22-16-28-21(19-33-34(28)24-11-9-23(31)10-12-24)17-30(22,18-26)29(35)27-7-2-3-14-32-27/h2-7,9-12,14-16,19,26H,8,13,17-18H2,1H3/t26-,30+/m1/s1. The molecule has 38 heavy (non-hydrogen) atoms. The summed E-state index contributed by atoms with van der Waals surface area (Å²) in [6, 6.07) is 18.2. The van der Waals surface area contributed by atoms with Crippen LogP contribution in [-0.2, 0) is 16.3 Å². The van der Waals surface area contributed by atoms with E-state index in [-0.39, 0.29) is 22.9 Å². The average molecular weight is 528 g/mol. The molecule has 0 saturated heterocycles. The van der Waals surface area contributed by atoms with Crippen molar-refractivity contribution in [1.29, 1.82) is 0 Å². The molecule has 0 N–H and O–H groups in total. The summed E-state index contributed by atoms with van der Waals surface area (Å²) in [5.41, 5.74) is 3.42. The van der Waals surface area contributed by atoms with Crippen LogP contribution in [-0.4, -0.2) is 34.2 Å². The number of Topliss-reactive ketones (excluding diaryl/α,β-unsaturated/α-hetero) is 1. The molecule has 2 aliphatic rings. The van der Waals surface area contributed by atoms with Gasteiger partial charge in [-0.15, -0.1) is 0 Å². The van der Waals surface area contributed by atoms with Gasteiger partial charge in [-0.2, -0.15) is 5.10 Å². The number of aromatic nitrogens is 3. The minimum absolute atomic E-state index is 0.172. The third-order valence-corrected chi connectivity index (χ3v) is 9.97. The van der Waals surface area contributed by atoms with Crippen LogP contribution in [0.15, 0.2) is 89.6 Å². The van der Waals surface area contributed by atoms with Gasteiger partial charge in [-0.05, 0) is 98.3 Å². The predicted octanol–water partition coefficient (Wildman–Crippen LogP) is 5.55. The normalized spacial score (nSPS) is 20.8. The summed E-state index contributed by atoms with van der Waals surface area (Å²) in [7, 11) is -3.66. The number of hydrogen-bond acceptors (Lipinski definition) is 5. The Morgan fingerprint density at radius 2 is 1.89 bits per heavy atom. The van der Waals surface area contributed by atoms with E-state index in [1.807, 2.05) is 19.1 Å². The molecular formula is C30H26FN3O3S. The molecule has 2 aromatic carbocycles. The van der Waals surface area contributed by atoms with Gasteiger partial charge in [-0.3, -0.25) is 9.78 Å². The van der Waals surface area contributed by atoms with Gasteiger partial charge in [0.05, 0.1) is 33.1 Å². The lowest BCUT2D eigenvalue weighted by Crippen LogP contribution is -2.45. The maximum atomic E-state index is 14.2. The van der Waals surface area contributed by atoms with Crippen molar-refractivity contribution in [3.05, 3.63) is 113 Å².